The number of nitriles is 1. The van der Waals surface area contributed by atoms with Crippen LogP contribution in [0, 0.1) is 18.3 Å². The Labute approximate surface area is 262 Å². The van der Waals surface area contributed by atoms with Gasteiger partial charge in [-0.15, -0.1) is 0 Å². The quantitative estimate of drug-likeness (QED) is 0.183. The molecule has 1 atom stereocenters. The van der Waals surface area contributed by atoms with Gasteiger partial charge in [0, 0.05) is 18.7 Å². The fourth-order valence-electron chi connectivity index (χ4n) is 5.07. The number of carbonyl (C=O) groups is 1. The summed E-state index contributed by atoms with van der Waals surface area (Å²) >= 11 is 6.88. The molecule has 1 N–H and O–H groups in total. The molecule has 4 rings (SSSR count). The minimum atomic E-state index is -0.343. The van der Waals surface area contributed by atoms with Crippen molar-refractivity contribution in [2.45, 2.75) is 52.6 Å². The van der Waals surface area contributed by atoms with Gasteiger partial charge in [-0.25, -0.2) is 0 Å². The number of benzene rings is 2. The first-order valence-corrected chi connectivity index (χ1v) is 15.4. The van der Waals surface area contributed by atoms with Crippen LogP contribution in [0.4, 0.5) is 5.82 Å². The lowest BCUT2D eigenvalue weighted by Crippen LogP contribution is -2.31. The highest BCUT2D eigenvalue weighted by Gasteiger charge is 2.36. The molecular weight excluding hydrogens is 581 g/mol. The van der Waals surface area contributed by atoms with Crippen molar-refractivity contribution >= 4 is 46.1 Å². The van der Waals surface area contributed by atoms with Gasteiger partial charge in [0.1, 0.15) is 21.8 Å². The number of nitrogens with zero attached hydrogens (tertiary/aromatic N) is 3. The summed E-state index contributed by atoms with van der Waals surface area (Å²) < 4.78 is 12.9. The van der Waals surface area contributed by atoms with Crippen LogP contribution in [0.15, 0.2) is 58.2 Å². The number of anilines is 1. The van der Waals surface area contributed by atoms with Crippen LogP contribution in [0.25, 0.3) is 6.08 Å². The molecule has 3 aromatic rings. The van der Waals surface area contributed by atoms with Crippen molar-refractivity contribution in [2.75, 3.05) is 26.1 Å². The number of rotatable bonds is 12. The Hall–Kier alpha value is -4.07. The van der Waals surface area contributed by atoms with E-state index in [0.717, 1.165) is 24.0 Å². The molecule has 1 aliphatic rings. The van der Waals surface area contributed by atoms with Crippen LogP contribution in [0.5, 0.6) is 11.5 Å². The average Bonchev–Trinajstić information content (AvgIpc) is 3.30. The third-order valence-corrected chi connectivity index (χ3v) is 8.86. The lowest BCUT2D eigenvalue weighted by Gasteiger charge is -2.23. The largest absolute Gasteiger partial charge is 0.493 e. The van der Waals surface area contributed by atoms with E-state index >= 15 is 0 Å². The molecule has 8 nitrogen and oxygen atoms in total. The van der Waals surface area contributed by atoms with Crippen LogP contribution >= 0.6 is 24.0 Å². The van der Waals surface area contributed by atoms with E-state index < -0.39 is 0 Å². The number of ether oxygens (including phenoxy) is 2. The molecular formula is C33H36N4O4S2. The molecule has 0 saturated carbocycles. The molecule has 1 aromatic heterocycles. The first-order chi connectivity index (χ1) is 20.7. The lowest BCUT2D eigenvalue weighted by atomic mass is 10.0. The maximum absolute atomic E-state index is 13.7. The summed E-state index contributed by atoms with van der Waals surface area (Å²) in [5.74, 6) is 1.67. The number of unbranched alkanes of at least 4 members (excludes halogenated alkanes) is 1. The van der Waals surface area contributed by atoms with Crippen molar-refractivity contribution in [2.24, 2.45) is 0 Å². The summed E-state index contributed by atoms with van der Waals surface area (Å²) in [5, 5.41) is 13.4. The van der Waals surface area contributed by atoms with E-state index in [1.165, 1.54) is 11.8 Å². The van der Waals surface area contributed by atoms with E-state index in [9.17, 15) is 14.9 Å². The lowest BCUT2D eigenvalue weighted by molar-refractivity contribution is -0.123. The van der Waals surface area contributed by atoms with Crippen LogP contribution in [0.2, 0.25) is 0 Å². The van der Waals surface area contributed by atoms with Gasteiger partial charge in [-0.3, -0.25) is 19.1 Å². The Kier molecular flexibility index (Phi) is 10.7. The maximum Gasteiger partial charge on any atom is 0.270 e. The van der Waals surface area contributed by atoms with Crippen LogP contribution < -0.4 is 20.3 Å². The Morgan fingerprint density at radius 2 is 1.84 bits per heavy atom. The molecule has 224 valence electrons. The molecule has 2 heterocycles. The molecule has 0 bridgehead atoms. The van der Waals surface area contributed by atoms with Crippen LogP contribution in [-0.2, 0) is 17.8 Å². The van der Waals surface area contributed by atoms with Gasteiger partial charge in [0.15, 0.2) is 11.5 Å². The van der Waals surface area contributed by atoms with E-state index in [4.69, 9.17) is 21.7 Å². The summed E-state index contributed by atoms with van der Waals surface area (Å²) in [6.07, 6.45) is 4.04. The predicted molar refractivity (Wildman–Crippen MR) is 177 cm³/mol. The average molecular weight is 617 g/mol. The number of thioether (sulfide) groups is 1. The number of carbonyl (C=O) groups excluding carboxylic acids is 1. The van der Waals surface area contributed by atoms with E-state index in [2.05, 4.69) is 18.3 Å². The molecule has 0 aliphatic carbocycles. The van der Waals surface area contributed by atoms with Gasteiger partial charge in [-0.1, -0.05) is 73.7 Å². The first kappa shape index (κ1) is 31.9. The molecule has 2 aromatic carbocycles. The molecule has 10 heteroatoms. The zero-order valence-corrected chi connectivity index (χ0v) is 26.7. The third kappa shape index (κ3) is 6.79. The van der Waals surface area contributed by atoms with Crippen molar-refractivity contribution in [3.63, 3.8) is 0 Å². The van der Waals surface area contributed by atoms with E-state index in [1.807, 2.05) is 55.5 Å². The fraction of sp³-hybridized carbons (Fsp3) is 0.333. The molecule has 1 amide bonds. The van der Waals surface area contributed by atoms with Crippen molar-refractivity contribution in [1.29, 1.82) is 5.26 Å². The molecule has 1 unspecified atom stereocenters. The summed E-state index contributed by atoms with van der Waals surface area (Å²) in [6, 6.07) is 17.4. The molecule has 0 radical (unpaired) electrons. The topological polar surface area (TPSA) is 96.6 Å². The Balaban J connectivity index is 1.74. The molecule has 0 spiro atoms. The second kappa shape index (κ2) is 14.4. The zero-order chi connectivity index (χ0) is 31.1. The van der Waals surface area contributed by atoms with Gasteiger partial charge in [0.2, 0.25) is 0 Å². The Bertz CT molecular complexity index is 1640. The van der Waals surface area contributed by atoms with Crippen molar-refractivity contribution < 1.29 is 14.3 Å². The number of amides is 1. The van der Waals surface area contributed by atoms with Gasteiger partial charge < -0.3 is 14.8 Å². The molecule has 1 fully saturated rings. The Morgan fingerprint density at radius 1 is 1.12 bits per heavy atom. The normalized spacial score (nSPS) is 14.6. The SMILES string of the molecule is CCCCn1c(NCCc2ccc(OC)c(OC)c2)c(/C=C2/SC(=S)N(C(C)c3ccccc3)C2=O)c(C)c(C#N)c1=O. The minimum Gasteiger partial charge on any atom is -0.493 e. The number of thiocarbonyl (C=S) groups is 1. The van der Waals surface area contributed by atoms with Gasteiger partial charge in [-0.2, -0.15) is 5.26 Å². The van der Waals surface area contributed by atoms with Crippen LogP contribution in [-0.4, -0.2) is 40.5 Å². The van der Waals surface area contributed by atoms with Crippen molar-refractivity contribution in [3.05, 3.63) is 91.6 Å². The van der Waals surface area contributed by atoms with Crippen molar-refractivity contribution in [1.82, 2.24) is 9.47 Å². The minimum absolute atomic E-state index is 0.0703. The monoisotopic (exact) mass is 616 g/mol. The highest BCUT2D eigenvalue weighted by atomic mass is 32.2. The summed E-state index contributed by atoms with van der Waals surface area (Å²) in [7, 11) is 3.20. The predicted octanol–water partition coefficient (Wildman–Crippen LogP) is 6.46. The van der Waals surface area contributed by atoms with Gasteiger partial charge >= 0.3 is 0 Å². The second-order valence-electron chi connectivity index (χ2n) is 10.2. The number of aromatic nitrogens is 1. The van der Waals surface area contributed by atoms with Crippen LogP contribution in [0.3, 0.4) is 0 Å². The summed E-state index contributed by atoms with van der Waals surface area (Å²) in [4.78, 5) is 29.3. The van der Waals surface area contributed by atoms with E-state index in [1.54, 1.807) is 36.7 Å². The highest BCUT2D eigenvalue weighted by Crippen LogP contribution is 2.39. The zero-order valence-electron chi connectivity index (χ0n) is 25.1. The molecule has 43 heavy (non-hydrogen) atoms. The number of hydrogen-bond acceptors (Lipinski definition) is 8. The standard InChI is InChI=1S/C33H36N4O4S2/c1-6-7-17-36-30(35-16-15-23-13-14-27(40-4)28(18-23)41-5)25(21(2)26(20-34)31(36)38)19-29-32(39)37(33(42)43-29)22(3)24-11-9-8-10-12-24/h8-14,18-19,22,35H,6-7,15-17H2,1-5H3/b29-19+. The van der Waals surface area contributed by atoms with Crippen LogP contribution in [0.1, 0.15) is 60.5 Å². The van der Waals surface area contributed by atoms with Gasteiger partial charge in [0.05, 0.1) is 25.2 Å². The highest BCUT2D eigenvalue weighted by molar-refractivity contribution is 8.26. The smallest absolute Gasteiger partial charge is 0.270 e. The Morgan fingerprint density at radius 3 is 2.49 bits per heavy atom. The molecule has 1 aliphatic heterocycles. The number of pyridine rings is 1. The summed E-state index contributed by atoms with van der Waals surface area (Å²) in [6.45, 7) is 6.70. The van der Waals surface area contributed by atoms with Gasteiger partial charge in [0.25, 0.3) is 11.5 Å². The maximum atomic E-state index is 13.7. The first-order valence-electron chi connectivity index (χ1n) is 14.2. The van der Waals surface area contributed by atoms with Crippen molar-refractivity contribution in [3.8, 4) is 17.6 Å². The number of hydrogen-bond donors (Lipinski definition) is 1. The van der Waals surface area contributed by atoms with E-state index in [0.29, 0.717) is 57.2 Å². The molecule has 1 saturated heterocycles. The van der Waals surface area contributed by atoms with Gasteiger partial charge in [-0.05, 0) is 61.6 Å². The fourth-order valence-corrected chi connectivity index (χ4v) is 6.47. The van der Waals surface area contributed by atoms with E-state index in [-0.39, 0.29) is 23.1 Å². The number of methoxy groups -OCH3 is 2. The second-order valence-corrected chi connectivity index (χ2v) is 11.9. The number of nitrogens with one attached hydrogen (secondary N) is 1. The summed E-state index contributed by atoms with van der Waals surface area (Å²) in [5.41, 5.74) is 2.89. The third-order valence-electron chi connectivity index (χ3n) is 7.53.